The summed E-state index contributed by atoms with van der Waals surface area (Å²) in [5.74, 6) is -1.53. The monoisotopic (exact) mass is 646 g/mol. The Kier molecular flexibility index (Phi) is 8.87. The molecule has 256 valence electrons. The number of hydrogen-bond acceptors (Lipinski definition) is 11. The smallest absolute Gasteiger partial charge is 0.229 e. The molecular weight excluding hydrogens is 596 g/mol. The van der Waals surface area contributed by atoms with Crippen molar-refractivity contribution in [1.29, 1.82) is 0 Å². The van der Waals surface area contributed by atoms with Gasteiger partial charge < -0.3 is 50.3 Å². The second-order valence-corrected chi connectivity index (χ2v) is 15.0. The number of ketones is 1. The van der Waals surface area contributed by atoms with Crippen LogP contribution in [0.4, 0.5) is 0 Å². The highest BCUT2D eigenvalue weighted by Gasteiger charge is 2.73. The van der Waals surface area contributed by atoms with Gasteiger partial charge in [0.2, 0.25) is 6.29 Å². The zero-order chi connectivity index (χ0) is 34.3. The quantitative estimate of drug-likeness (QED) is 0.199. The van der Waals surface area contributed by atoms with Crippen LogP contribution in [0, 0.1) is 29.6 Å². The van der Waals surface area contributed by atoms with Gasteiger partial charge in [0.05, 0.1) is 23.7 Å². The summed E-state index contributed by atoms with van der Waals surface area (Å²) in [6.07, 6.45) is -5.51. The number of rotatable bonds is 7. The first-order chi connectivity index (χ1) is 21.3. The Balaban J connectivity index is 1.55. The first-order valence-corrected chi connectivity index (χ1v) is 16.1. The minimum Gasteiger partial charge on any atom is -0.504 e. The van der Waals surface area contributed by atoms with Gasteiger partial charge in [-0.1, -0.05) is 38.2 Å². The Morgan fingerprint density at radius 2 is 1.83 bits per heavy atom. The number of hydrogen-bond donors (Lipinski definition) is 8. The largest absolute Gasteiger partial charge is 0.504 e. The van der Waals surface area contributed by atoms with Gasteiger partial charge in [-0.05, 0) is 86.5 Å². The van der Waals surface area contributed by atoms with Crippen LogP contribution in [0.2, 0.25) is 0 Å². The number of phenols is 1. The zero-order valence-corrected chi connectivity index (χ0v) is 27.5. The van der Waals surface area contributed by atoms with E-state index in [1.54, 1.807) is 26.0 Å². The van der Waals surface area contributed by atoms with E-state index < -0.39 is 77.3 Å². The van der Waals surface area contributed by atoms with Gasteiger partial charge in [0.25, 0.3) is 0 Å². The molecule has 1 aromatic rings. The average Bonchev–Trinajstić information content (AvgIpc) is 3.19. The lowest BCUT2D eigenvalue weighted by Gasteiger charge is -2.62. The molecule has 0 aromatic heterocycles. The Bertz CT molecular complexity index is 1420. The summed E-state index contributed by atoms with van der Waals surface area (Å²) in [4.78, 5) is 14.6. The minimum absolute atomic E-state index is 0.0214. The van der Waals surface area contributed by atoms with Crippen molar-refractivity contribution < 1.29 is 55.1 Å². The highest BCUT2D eigenvalue weighted by molar-refractivity contribution is 5.93. The fraction of sp³-hybridized carbons (Fsp3) is 0.686. The number of carbonyl (C=O) groups is 1. The molecule has 3 aliphatic carbocycles. The number of allylic oxidation sites excluding steroid dienone is 2. The summed E-state index contributed by atoms with van der Waals surface area (Å²) in [6.45, 7) is 14.0. The molecule has 46 heavy (non-hydrogen) atoms. The van der Waals surface area contributed by atoms with Crippen molar-refractivity contribution in [1.82, 2.24) is 0 Å². The van der Waals surface area contributed by atoms with E-state index in [0.717, 1.165) is 5.56 Å². The Morgan fingerprint density at radius 3 is 2.43 bits per heavy atom. The van der Waals surface area contributed by atoms with E-state index in [4.69, 9.17) is 9.47 Å². The molecule has 0 spiro atoms. The van der Waals surface area contributed by atoms with E-state index in [2.05, 4.69) is 13.5 Å². The van der Waals surface area contributed by atoms with Gasteiger partial charge in [0.15, 0.2) is 11.5 Å². The van der Waals surface area contributed by atoms with Gasteiger partial charge in [0.1, 0.15) is 36.3 Å². The molecule has 1 aliphatic heterocycles. The molecule has 1 aromatic carbocycles. The molecule has 0 amide bonds. The summed E-state index contributed by atoms with van der Waals surface area (Å²) in [5, 5.41) is 86.4. The molecule has 1 saturated heterocycles. The van der Waals surface area contributed by atoms with Crippen molar-refractivity contribution in [2.24, 2.45) is 22.7 Å². The molecule has 11 nitrogen and oxygen atoms in total. The maximum absolute atomic E-state index is 14.6. The maximum Gasteiger partial charge on any atom is 0.229 e. The standard InChI is InChI=1S/C35H50O11/c1-16(2)8-11-24(38)35(7,44)30-20(37)13-32(4)23-10-9-18-17(3)26(40)21(12-19(18)34(23,6)25(39)14-33(30,32)5)45-31-29(43)28(42)27(41)22(15-36)46-31/h8,11-12,20,22-24,27-31,36-38,40-44H,1,9-10,13-15H2,2-7H3/b11-8+/t20-,22-,23?,24?,27-,28+,29-,30?,31-,32+,33-,34+,35?/m1/s1. The Hall–Kier alpha value is -2.35. The Labute approximate surface area is 269 Å². The summed E-state index contributed by atoms with van der Waals surface area (Å²) in [7, 11) is 0. The molecule has 8 N–H and O–H groups in total. The highest BCUT2D eigenvalue weighted by atomic mass is 16.7. The van der Waals surface area contributed by atoms with Crippen LogP contribution >= 0.6 is 0 Å². The summed E-state index contributed by atoms with van der Waals surface area (Å²) in [5.41, 5.74) is -1.75. The molecule has 4 unspecified atom stereocenters. The molecule has 1 heterocycles. The number of aliphatic hydroxyl groups excluding tert-OH is 6. The van der Waals surface area contributed by atoms with Gasteiger partial charge >= 0.3 is 0 Å². The molecule has 4 aliphatic rings. The second kappa shape index (κ2) is 11.7. The molecule has 0 bridgehead atoms. The van der Waals surface area contributed by atoms with Crippen LogP contribution < -0.4 is 4.74 Å². The number of carbonyl (C=O) groups excluding carboxylic acids is 1. The van der Waals surface area contributed by atoms with E-state index in [-0.39, 0.29) is 29.6 Å². The molecule has 11 heteroatoms. The van der Waals surface area contributed by atoms with Gasteiger partial charge in [0, 0.05) is 12.3 Å². The molecule has 5 rings (SSSR count). The molecule has 3 fully saturated rings. The number of fused-ring (bicyclic) bond motifs is 5. The molecule has 2 saturated carbocycles. The minimum atomic E-state index is -1.76. The Morgan fingerprint density at radius 1 is 1.17 bits per heavy atom. The van der Waals surface area contributed by atoms with Crippen molar-refractivity contribution >= 4 is 5.78 Å². The number of ether oxygens (including phenoxy) is 2. The number of benzene rings is 1. The molecule has 0 radical (unpaired) electrons. The summed E-state index contributed by atoms with van der Waals surface area (Å²) < 4.78 is 11.4. The summed E-state index contributed by atoms with van der Waals surface area (Å²) in [6, 6.07) is 1.57. The van der Waals surface area contributed by atoms with E-state index >= 15 is 0 Å². The zero-order valence-electron chi connectivity index (χ0n) is 27.5. The van der Waals surface area contributed by atoms with Crippen LogP contribution in [0.1, 0.15) is 70.6 Å². The van der Waals surface area contributed by atoms with Gasteiger partial charge in [-0.3, -0.25) is 4.79 Å². The lowest BCUT2D eigenvalue weighted by Crippen LogP contribution is -2.64. The number of Topliss-reactive ketones (excluding diaryl/α,β-unsaturated/α-hetero) is 1. The van der Waals surface area contributed by atoms with E-state index in [1.165, 1.54) is 13.0 Å². The van der Waals surface area contributed by atoms with Gasteiger partial charge in [-0.2, -0.15) is 0 Å². The lowest BCUT2D eigenvalue weighted by molar-refractivity contribution is -0.277. The van der Waals surface area contributed by atoms with Crippen molar-refractivity contribution in [3.8, 4) is 11.5 Å². The first-order valence-electron chi connectivity index (χ1n) is 16.1. The predicted octanol–water partition coefficient (Wildman–Crippen LogP) is 1.31. The SMILES string of the molecule is C=C(C)/C=C/C(O)C(C)(O)C1[C@H](O)C[C@@]2(C)C3CCc4c(cc(O[C@@H]5O[C@H](CO)[C@@H](O)[C@H](O)[C@H]5O)c(O)c4C)[C@]3(C)C(=O)C[C@]12C. The van der Waals surface area contributed by atoms with Gasteiger partial charge in [-0.25, -0.2) is 0 Å². The predicted molar refractivity (Wildman–Crippen MR) is 167 cm³/mol. The van der Waals surface area contributed by atoms with Crippen molar-refractivity contribution in [2.45, 2.75) is 121 Å². The van der Waals surface area contributed by atoms with Crippen LogP contribution in [0.25, 0.3) is 0 Å². The highest BCUT2D eigenvalue weighted by Crippen LogP contribution is 2.72. The van der Waals surface area contributed by atoms with Crippen LogP contribution in [-0.2, 0) is 21.4 Å². The van der Waals surface area contributed by atoms with Crippen molar-refractivity contribution in [3.05, 3.63) is 47.1 Å². The van der Waals surface area contributed by atoms with E-state index in [9.17, 15) is 45.6 Å². The van der Waals surface area contributed by atoms with Crippen LogP contribution in [0.15, 0.2) is 30.4 Å². The normalized spacial score (nSPS) is 42.6. The molecule has 13 atom stereocenters. The third kappa shape index (κ3) is 4.89. The topological polar surface area (TPSA) is 197 Å². The van der Waals surface area contributed by atoms with Crippen molar-refractivity contribution in [3.63, 3.8) is 0 Å². The first kappa shape index (κ1) is 35.0. The van der Waals surface area contributed by atoms with Crippen LogP contribution in [0.3, 0.4) is 0 Å². The fourth-order valence-corrected chi connectivity index (χ4v) is 9.65. The number of aliphatic hydroxyl groups is 7. The lowest BCUT2D eigenvalue weighted by atomic mass is 9.41. The number of phenolic OH excluding ortho intramolecular Hbond substituents is 1. The van der Waals surface area contributed by atoms with Crippen LogP contribution in [0.5, 0.6) is 11.5 Å². The van der Waals surface area contributed by atoms with Crippen LogP contribution in [-0.4, -0.2) is 102 Å². The van der Waals surface area contributed by atoms with Gasteiger partial charge in [-0.15, -0.1) is 0 Å². The van der Waals surface area contributed by atoms with E-state index in [0.29, 0.717) is 36.0 Å². The third-order valence-corrected chi connectivity index (χ3v) is 12.3. The fourth-order valence-electron chi connectivity index (χ4n) is 9.65. The molecular formula is C35H50O11. The van der Waals surface area contributed by atoms with E-state index in [1.807, 2.05) is 13.8 Å². The number of aromatic hydroxyl groups is 1. The summed E-state index contributed by atoms with van der Waals surface area (Å²) >= 11 is 0. The third-order valence-electron chi connectivity index (χ3n) is 12.3. The van der Waals surface area contributed by atoms with Crippen molar-refractivity contribution in [2.75, 3.05) is 6.61 Å². The second-order valence-electron chi connectivity index (χ2n) is 15.0. The average molecular weight is 647 g/mol. The maximum atomic E-state index is 14.6.